The summed E-state index contributed by atoms with van der Waals surface area (Å²) in [6.45, 7) is 3.27. The minimum atomic E-state index is 0.381. The summed E-state index contributed by atoms with van der Waals surface area (Å²) in [6, 6.07) is 4.50. The van der Waals surface area contributed by atoms with Gasteiger partial charge in [0.05, 0.1) is 5.02 Å². The maximum atomic E-state index is 5.92. The number of piperidine rings is 1. The second-order valence-electron chi connectivity index (χ2n) is 4.72. The average Bonchev–Trinajstić information content (AvgIpc) is 2.73. The molecular formula is C12H16ClN5. The van der Waals surface area contributed by atoms with Crippen molar-refractivity contribution in [3.05, 3.63) is 23.4 Å². The summed E-state index contributed by atoms with van der Waals surface area (Å²) in [5.41, 5.74) is 0.804. The molecule has 0 aliphatic carbocycles. The van der Waals surface area contributed by atoms with E-state index in [1.807, 2.05) is 12.1 Å². The fraction of sp³-hybridized carbons (Fsp3) is 0.500. The summed E-state index contributed by atoms with van der Waals surface area (Å²) in [7, 11) is 0. The number of anilines is 1. The number of nitrogens with one attached hydrogen (secondary N) is 2. The van der Waals surface area contributed by atoms with Crippen LogP contribution in [-0.2, 0) is 0 Å². The van der Waals surface area contributed by atoms with Gasteiger partial charge in [0.1, 0.15) is 0 Å². The van der Waals surface area contributed by atoms with Gasteiger partial charge in [0.15, 0.2) is 5.65 Å². The van der Waals surface area contributed by atoms with E-state index >= 15 is 0 Å². The lowest BCUT2D eigenvalue weighted by Gasteiger charge is -2.30. The van der Waals surface area contributed by atoms with E-state index in [0.29, 0.717) is 23.1 Å². The summed E-state index contributed by atoms with van der Waals surface area (Å²) in [5.74, 6) is 0.665. The van der Waals surface area contributed by atoms with Gasteiger partial charge in [-0.2, -0.15) is 4.98 Å². The SMILES string of the molecule is CC1NCCCC1Nc1nc2ccc(Cl)cn2n1. The number of pyridine rings is 1. The minimum absolute atomic E-state index is 0.381. The van der Waals surface area contributed by atoms with E-state index in [2.05, 4.69) is 27.6 Å². The van der Waals surface area contributed by atoms with Crippen molar-refractivity contribution in [3.8, 4) is 0 Å². The van der Waals surface area contributed by atoms with Crippen LogP contribution in [0.15, 0.2) is 18.3 Å². The zero-order chi connectivity index (χ0) is 12.5. The zero-order valence-corrected chi connectivity index (χ0v) is 11.0. The second-order valence-corrected chi connectivity index (χ2v) is 5.16. The van der Waals surface area contributed by atoms with Crippen molar-refractivity contribution in [2.75, 3.05) is 11.9 Å². The molecular weight excluding hydrogens is 250 g/mol. The highest BCUT2D eigenvalue weighted by Gasteiger charge is 2.21. The highest BCUT2D eigenvalue weighted by Crippen LogP contribution is 2.15. The van der Waals surface area contributed by atoms with Crippen LogP contribution in [-0.4, -0.2) is 33.2 Å². The Kier molecular flexibility index (Phi) is 3.09. The van der Waals surface area contributed by atoms with E-state index in [0.717, 1.165) is 18.6 Å². The summed E-state index contributed by atoms with van der Waals surface area (Å²) in [4.78, 5) is 4.44. The van der Waals surface area contributed by atoms with Gasteiger partial charge in [-0.1, -0.05) is 11.6 Å². The molecule has 1 aliphatic rings. The molecule has 0 radical (unpaired) electrons. The molecule has 1 fully saturated rings. The monoisotopic (exact) mass is 265 g/mol. The Balaban J connectivity index is 1.81. The molecule has 1 aliphatic heterocycles. The van der Waals surface area contributed by atoms with Gasteiger partial charge < -0.3 is 10.6 Å². The van der Waals surface area contributed by atoms with Gasteiger partial charge in [-0.3, -0.25) is 0 Å². The van der Waals surface area contributed by atoms with Gasteiger partial charge in [-0.15, -0.1) is 5.10 Å². The van der Waals surface area contributed by atoms with Crippen LogP contribution in [0.1, 0.15) is 19.8 Å². The van der Waals surface area contributed by atoms with Gasteiger partial charge in [-0.05, 0) is 38.4 Å². The quantitative estimate of drug-likeness (QED) is 0.871. The van der Waals surface area contributed by atoms with Gasteiger partial charge in [0, 0.05) is 18.3 Å². The molecule has 96 valence electrons. The standard InChI is InChI=1S/C12H16ClN5/c1-8-10(3-2-6-14-8)15-12-16-11-5-4-9(13)7-18(11)17-12/h4-5,7-8,10,14H,2-3,6H2,1H3,(H,15,17). The Morgan fingerprint density at radius 1 is 1.50 bits per heavy atom. The maximum Gasteiger partial charge on any atom is 0.243 e. The summed E-state index contributed by atoms with van der Waals surface area (Å²) < 4.78 is 1.70. The maximum absolute atomic E-state index is 5.92. The molecule has 2 aromatic rings. The topological polar surface area (TPSA) is 54.2 Å². The Hall–Kier alpha value is -1.33. The molecule has 2 N–H and O–H groups in total. The zero-order valence-electron chi connectivity index (χ0n) is 10.2. The lowest BCUT2D eigenvalue weighted by Crippen LogP contribution is -2.46. The third kappa shape index (κ3) is 2.28. The van der Waals surface area contributed by atoms with E-state index in [4.69, 9.17) is 11.6 Å². The first kappa shape index (κ1) is 11.7. The van der Waals surface area contributed by atoms with E-state index in [1.54, 1.807) is 10.7 Å². The minimum Gasteiger partial charge on any atom is -0.349 e. The van der Waals surface area contributed by atoms with E-state index in [-0.39, 0.29) is 0 Å². The number of rotatable bonds is 2. The van der Waals surface area contributed by atoms with Gasteiger partial charge in [0.2, 0.25) is 5.95 Å². The average molecular weight is 266 g/mol. The van der Waals surface area contributed by atoms with Crippen LogP contribution >= 0.6 is 11.6 Å². The van der Waals surface area contributed by atoms with Crippen LogP contribution in [0.25, 0.3) is 5.65 Å². The van der Waals surface area contributed by atoms with Crippen molar-refractivity contribution in [1.29, 1.82) is 0 Å². The van der Waals surface area contributed by atoms with Crippen molar-refractivity contribution in [2.24, 2.45) is 0 Å². The van der Waals surface area contributed by atoms with Crippen molar-refractivity contribution >= 4 is 23.2 Å². The number of aromatic nitrogens is 3. The fourth-order valence-corrected chi connectivity index (χ4v) is 2.48. The van der Waals surface area contributed by atoms with Crippen molar-refractivity contribution < 1.29 is 0 Å². The molecule has 5 nitrogen and oxygen atoms in total. The van der Waals surface area contributed by atoms with E-state index in [1.165, 1.54) is 6.42 Å². The number of fused-ring (bicyclic) bond motifs is 1. The fourth-order valence-electron chi connectivity index (χ4n) is 2.33. The summed E-state index contributed by atoms with van der Waals surface area (Å²) in [5, 5.41) is 11.9. The van der Waals surface area contributed by atoms with Crippen LogP contribution in [0.3, 0.4) is 0 Å². The molecule has 0 aromatic carbocycles. The molecule has 0 spiro atoms. The van der Waals surface area contributed by atoms with Crippen LogP contribution in [0, 0.1) is 0 Å². The first-order chi connectivity index (χ1) is 8.72. The van der Waals surface area contributed by atoms with Crippen LogP contribution in [0.4, 0.5) is 5.95 Å². The van der Waals surface area contributed by atoms with Crippen LogP contribution < -0.4 is 10.6 Å². The van der Waals surface area contributed by atoms with Crippen LogP contribution in [0.2, 0.25) is 5.02 Å². The lowest BCUT2D eigenvalue weighted by molar-refractivity contribution is 0.388. The van der Waals surface area contributed by atoms with Crippen LogP contribution in [0.5, 0.6) is 0 Å². The highest BCUT2D eigenvalue weighted by atomic mass is 35.5. The van der Waals surface area contributed by atoms with E-state index in [9.17, 15) is 0 Å². The molecule has 0 bridgehead atoms. The Labute approximate surface area is 111 Å². The number of halogens is 1. The molecule has 0 amide bonds. The third-order valence-corrected chi connectivity index (χ3v) is 3.59. The van der Waals surface area contributed by atoms with Crippen molar-refractivity contribution in [1.82, 2.24) is 19.9 Å². The first-order valence-corrected chi connectivity index (χ1v) is 6.62. The third-order valence-electron chi connectivity index (χ3n) is 3.37. The molecule has 2 aromatic heterocycles. The highest BCUT2D eigenvalue weighted by molar-refractivity contribution is 6.30. The molecule has 0 saturated carbocycles. The number of hydrogen-bond donors (Lipinski definition) is 2. The molecule has 2 unspecified atom stereocenters. The molecule has 3 rings (SSSR count). The molecule has 18 heavy (non-hydrogen) atoms. The first-order valence-electron chi connectivity index (χ1n) is 6.24. The van der Waals surface area contributed by atoms with Gasteiger partial charge in [-0.25, -0.2) is 4.52 Å². The molecule has 2 atom stereocenters. The smallest absolute Gasteiger partial charge is 0.243 e. The van der Waals surface area contributed by atoms with E-state index < -0.39 is 0 Å². The molecule has 1 saturated heterocycles. The van der Waals surface area contributed by atoms with Crippen molar-refractivity contribution in [3.63, 3.8) is 0 Å². The largest absolute Gasteiger partial charge is 0.349 e. The predicted molar refractivity (Wildman–Crippen MR) is 72.1 cm³/mol. The molecule has 3 heterocycles. The van der Waals surface area contributed by atoms with Crippen molar-refractivity contribution in [2.45, 2.75) is 31.8 Å². The second kappa shape index (κ2) is 4.74. The number of hydrogen-bond acceptors (Lipinski definition) is 4. The summed E-state index contributed by atoms with van der Waals surface area (Å²) >= 11 is 5.92. The number of nitrogens with zero attached hydrogens (tertiary/aromatic N) is 3. The summed E-state index contributed by atoms with van der Waals surface area (Å²) in [6.07, 6.45) is 4.09. The lowest BCUT2D eigenvalue weighted by atomic mass is 10.0. The Morgan fingerprint density at radius 3 is 3.22 bits per heavy atom. The Bertz CT molecular complexity index is 552. The Morgan fingerprint density at radius 2 is 2.39 bits per heavy atom. The predicted octanol–water partition coefficient (Wildman–Crippen LogP) is 1.94. The molecule has 6 heteroatoms. The normalized spacial score (nSPS) is 24.3. The van der Waals surface area contributed by atoms with Gasteiger partial charge in [0.25, 0.3) is 0 Å². The van der Waals surface area contributed by atoms with Gasteiger partial charge >= 0.3 is 0 Å².